The number of aryl methyl sites for hydroxylation is 1. The molecule has 4 heteroatoms. The van der Waals surface area contributed by atoms with Crippen molar-refractivity contribution in [2.75, 3.05) is 30.4 Å². The van der Waals surface area contributed by atoms with E-state index in [4.69, 9.17) is 4.74 Å². The normalized spacial score (nSPS) is 14.9. The molecule has 2 aromatic carbocycles. The van der Waals surface area contributed by atoms with Gasteiger partial charge in [-0.15, -0.1) is 0 Å². The Morgan fingerprint density at radius 2 is 1.64 bits per heavy atom. The zero-order valence-electron chi connectivity index (χ0n) is 14.5. The molecule has 0 aliphatic carbocycles. The number of hydrogen-bond donors (Lipinski definition) is 2. The molecule has 2 aromatic rings. The summed E-state index contributed by atoms with van der Waals surface area (Å²) in [7, 11) is 0. The van der Waals surface area contributed by atoms with Crippen LogP contribution in [0.4, 0.5) is 11.4 Å². The number of carbonyl (C=O) groups excluding carboxylic acids is 1. The van der Waals surface area contributed by atoms with Crippen LogP contribution in [0.1, 0.15) is 24.8 Å². The van der Waals surface area contributed by atoms with Gasteiger partial charge in [-0.05, 0) is 55.5 Å². The summed E-state index contributed by atoms with van der Waals surface area (Å²) in [4.78, 5) is 12.2. The average molecular weight is 338 g/mol. The summed E-state index contributed by atoms with van der Waals surface area (Å²) in [5, 5.41) is 6.43. The van der Waals surface area contributed by atoms with Crippen molar-refractivity contribution < 1.29 is 9.53 Å². The fourth-order valence-electron chi connectivity index (χ4n) is 3.05. The third-order valence-electron chi connectivity index (χ3n) is 4.56. The zero-order valence-corrected chi connectivity index (χ0v) is 14.5. The number of anilines is 2. The Morgan fingerprint density at radius 1 is 0.960 bits per heavy atom. The Morgan fingerprint density at radius 3 is 2.36 bits per heavy atom. The van der Waals surface area contributed by atoms with Gasteiger partial charge in [0, 0.05) is 37.1 Å². The Labute approximate surface area is 149 Å². The number of nitrogens with one attached hydrogen (secondary N) is 2. The summed E-state index contributed by atoms with van der Waals surface area (Å²) in [5.74, 6) is 0.177. The molecule has 1 aliphatic heterocycles. The van der Waals surface area contributed by atoms with E-state index in [0.717, 1.165) is 43.6 Å². The molecule has 1 aliphatic rings. The van der Waals surface area contributed by atoms with Gasteiger partial charge in [-0.3, -0.25) is 4.79 Å². The average Bonchev–Trinajstić information content (AvgIpc) is 2.68. The molecule has 0 bridgehead atoms. The van der Waals surface area contributed by atoms with Crippen LogP contribution in [0.5, 0.6) is 0 Å². The third kappa shape index (κ3) is 5.61. The van der Waals surface area contributed by atoms with Crippen molar-refractivity contribution in [1.29, 1.82) is 0 Å². The van der Waals surface area contributed by atoms with Crippen LogP contribution < -0.4 is 10.6 Å². The minimum absolute atomic E-state index is 0.0736. The molecule has 0 saturated carbocycles. The predicted molar refractivity (Wildman–Crippen MR) is 102 cm³/mol. The Kier molecular flexibility index (Phi) is 6.46. The van der Waals surface area contributed by atoms with E-state index in [1.54, 1.807) is 0 Å². The lowest BCUT2D eigenvalue weighted by Gasteiger charge is -2.21. The second kappa shape index (κ2) is 9.23. The molecular formula is C21H26N2O2. The van der Waals surface area contributed by atoms with Gasteiger partial charge in [0.15, 0.2) is 0 Å². The molecule has 0 unspecified atom stereocenters. The highest BCUT2D eigenvalue weighted by atomic mass is 16.5. The number of amides is 1. The van der Waals surface area contributed by atoms with Crippen LogP contribution in [-0.4, -0.2) is 25.7 Å². The maximum absolute atomic E-state index is 12.2. The maximum Gasteiger partial charge on any atom is 0.227 e. The molecule has 0 atom stereocenters. The molecule has 2 N–H and O–H groups in total. The van der Waals surface area contributed by atoms with Crippen LogP contribution in [0.3, 0.4) is 0 Å². The minimum atomic E-state index is 0.0736. The van der Waals surface area contributed by atoms with Crippen LogP contribution in [0.15, 0.2) is 54.6 Å². The summed E-state index contributed by atoms with van der Waals surface area (Å²) in [5.41, 5.74) is 3.30. The second-order valence-electron chi connectivity index (χ2n) is 6.47. The van der Waals surface area contributed by atoms with Gasteiger partial charge in [0.1, 0.15) is 0 Å². The van der Waals surface area contributed by atoms with E-state index < -0.39 is 0 Å². The van der Waals surface area contributed by atoms with E-state index in [9.17, 15) is 4.79 Å². The van der Waals surface area contributed by atoms with Gasteiger partial charge in [-0.2, -0.15) is 0 Å². The molecule has 1 heterocycles. The summed E-state index contributed by atoms with van der Waals surface area (Å²) >= 11 is 0. The standard InChI is InChI=1S/C21H26N2O2/c24-21(18-12-15-25-16-13-18)23-20-10-8-19(9-11-20)22-14-4-7-17-5-2-1-3-6-17/h1-3,5-6,8-11,18,22H,4,7,12-16H2,(H,23,24). The van der Waals surface area contributed by atoms with Gasteiger partial charge in [0.05, 0.1) is 0 Å². The van der Waals surface area contributed by atoms with Gasteiger partial charge in [0.2, 0.25) is 5.91 Å². The zero-order chi connectivity index (χ0) is 17.3. The Bertz CT molecular complexity index is 649. The fourth-order valence-corrected chi connectivity index (χ4v) is 3.05. The molecule has 3 rings (SSSR count). The topological polar surface area (TPSA) is 50.4 Å². The second-order valence-corrected chi connectivity index (χ2v) is 6.47. The molecule has 25 heavy (non-hydrogen) atoms. The summed E-state index contributed by atoms with van der Waals surface area (Å²) in [6.45, 7) is 2.30. The van der Waals surface area contributed by atoms with Crippen LogP contribution in [0.2, 0.25) is 0 Å². The Hall–Kier alpha value is -2.33. The highest BCUT2D eigenvalue weighted by Crippen LogP contribution is 2.19. The molecule has 4 nitrogen and oxygen atoms in total. The number of hydrogen-bond acceptors (Lipinski definition) is 3. The lowest BCUT2D eigenvalue weighted by molar-refractivity contribution is -0.122. The van der Waals surface area contributed by atoms with Crippen LogP contribution in [-0.2, 0) is 16.0 Å². The number of ether oxygens (including phenoxy) is 1. The maximum atomic E-state index is 12.2. The summed E-state index contributed by atoms with van der Waals surface area (Å²) in [6, 6.07) is 18.5. The summed E-state index contributed by atoms with van der Waals surface area (Å²) < 4.78 is 5.30. The quantitative estimate of drug-likeness (QED) is 0.748. The number of rotatable bonds is 7. The van der Waals surface area contributed by atoms with Crippen LogP contribution in [0, 0.1) is 5.92 Å². The number of benzene rings is 2. The number of carbonyl (C=O) groups is 1. The Balaban J connectivity index is 1.40. The molecule has 0 aromatic heterocycles. The van der Waals surface area contributed by atoms with Crippen LogP contribution in [0.25, 0.3) is 0 Å². The molecule has 0 spiro atoms. The van der Waals surface area contributed by atoms with E-state index in [1.165, 1.54) is 5.56 Å². The summed E-state index contributed by atoms with van der Waals surface area (Å²) in [6.07, 6.45) is 3.79. The third-order valence-corrected chi connectivity index (χ3v) is 4.56. The largest absolute Gasteiger partial charge is 0.385 e. The van der Waals surface area contributed by atoms with Gasteiger partial charge in [-0.1, -0.05) is 30.3 Å². The minimum Gasteiger partial charge on any atom is -0.385 e. The van der Waals surface area contributed by atoms with Crippen molar-refractivity contribution in [3.05, 3.63) is 60.2 Å². The van der Waals surface area contributed by atoms with Crippen molar-refractivity contribution in [2.45, 2.75) is 25.7 Å². The lowest BCUT2D eigenvalue weighted by Crippen LogP contribution is -2.28. The van der Waals surface area contributed by atoms with Crippen LogP contribution >= 0.6 is 0 Å². The van der Waals surface area contributed by atoms with Crippen molar-refractivity contribution in [2.24, 2.45) is 5.92 Å². The smallest absolute Gasteiger partial charge is 0.227 e. The van der Waals surface area contributed by atoms with Crippen molar-refractivity contribution in [1.82, 2.24) is 0 Å². The lowest BCUT2D eigenvalue weighted by atomic mass is 9.99. The van der Waals surface area contributed by atoms with Gasteiger partial charge >= 0.3 is 0 Å². The van der Waals surface area contributed by atoms with E-state index in [2.05, 4.69) is 34.9 Å². The molecule has 0 radical (unpaired) electrons. The van der Waals surface area contributed by atoms with E-state index in [1.807, 2.05) is 30.3 Å². The van der Waals surface area contributed by atoms with Gasteiger partial charge in [0.25, 0.3) is 0 Å². The van der Waals surface area contributed by atoms with Crippen molar-refractivity contribution in [3.63, 3.8) is 0 Å². The highest BCUT2D eigenvalue weighted by molar-refractivity contribution is 5.92. The fraction of sp³-hybridized carbons (Fsp3) is 0.381. The molecule has 1 fully saturated rings. The SMILES string of the molecule is O=C(Nc1ccc(NCCCc2ccccc2)cc1)C1CCOCC1. The van der Waals surface area contributed by atoms with Gasteiger partial charge in [-0.25, -0.2) is 0 Å². The van der Waals surface area contributed by atoms with Crippen molar-refractivity contribution >= 4 is 17.3 Å². The van der Waals surface area contributed by atoms with Gasteiger partial charge < -0.3 is 15.4 Å². The highest BCUT2D eigenvalue weighted by Gasteiger charge is 2.21. The first-order chi connectivity index (χ1) is 12.3. The first-order valence-corrected chi connectivity index (χ1v) is 9.08. The predicted octanol–water partition coefficient (Wildman–Crippen LogP) is 4.10. The monoisotopic (exact) mass is 338 g/mol. The van der Waals surface area contributed by atoms with Crippen molar-refractivity contribution in [3.8, 4) is 0 Å². The molecule has 1 amide bonds. The molecular weight excluding hydrogens is 312 g/mol. The van der Waals surface area contributed by atoms with E-state index in [0.29, 0.717) is 13.2 Å². The first kappa shape index (κ1) is 17.5. The molecule has 132 valence electrons. The molecule has 1 saturated heterocycles. The van der Waals surface area contributed by atoms with E-state index in [-0.39, 0.29) is 11.8 Å². The first-order valence-electron chi connectivity index (χ1n) is 9.08. The van der Waals surface area contributed by atoms with E-state index >= 15 is 0 Å².